The van der Waals surface area contributed by atoms with Crippen LogP contribution in [0.5, 0.6) is 0 Å². The van der Waals surface area contributed by atoms with Gasteiger partial charge in [0.05, 0.1) is 0 Å². The Hall–Kier alpha value is -1.35. The molecule has 0 amide bonds. The van der Waals surface area contributed by atoms with Crippen molar-refractivity contribution in [1.82, 2.24) is 5.32 Å². The van der Waals surface area contributed by atoms with E-state index in [1.165, 1.54) is 16.7 Å². The van der Waals surface area contributed by atoms with Crippen LogP contribution in [0.2, 0.25) is 0 Å². The second-order valence-electron chi connectivity index (χ2n) is 5.43. The molecule has 1 aromatic rings. The van der Waals surface area contributed by atoms with Crippen LogP contribution in [0.15, 0.2) is 18.2 Å². The van der Waals surface area contributed by atoms with E-state index in [1.54, 1.807) is 0 Å². The Balaban J connectivity index is 2.23. The summed E-state index contributed by atoms with van der Waals surface area (Å²) in [6.45, 7) is 8.18. The molecule has 0 saturated carbocycles. The summed E-state index contributed by atoms with van der Waals surface area (Å²) < 4.78 is 0. The second-order valence-corrected chi connectivity index (χ2v) is 5.43. The van der Waals surface area contributed by atoms with Gasteiger partial charge in [-0.3, -0.25) is 4.79 Å². The van der Waals surface area contributed by atoms with Crippen molar-refractivity contribution in [1.29, 1.82) is 0 Å². The normalized spacial score (nSPS) is 12.4. The molecule has 0 bridgehead atoms. The van der Waals surface area contributed by atoms with E-state index >= 15 is 0 Å². The number of nitrogens with one attached hydrogen (secondary N) is 1. The smallest absolute Gasteiger partial charge is 0.303 e. The molecule has 0 spiro atoms. The van der Waals surface area contributed by atoms with E-state index < -0.39 is 5.97 Å². The molecule has 3 nitrogen and oxygen atoms in total. The summed E-state index contributed by atoms with van der Waals surface area (Å²) in [5.74, 6) is -0.239. The van der Waals surface area contributed by atoms with Gasteiger partial charge in [0.1, 0.15) is 0 Å². The molecule has 2 N–H and O–H groups in total. The molecule has 19 heavy (non-hydrogen) atoms. The van der Waals surface area contributed by atoms with Gasteiger partial charge in [0.2, 0.25) is 0 Å². The highest BCUT2D eigenvalue weighted by atomic mass is 16.4. The zero-order valence-electron chi connectivity index (χ0n) is 12.2. The maximum atomic E-state index is 10.5. The fourth-order valence-electron chi connectivity index (χ4n) is 2.08. The Bertz CT molecular complexity index is 415. The lowest BCUT2D eigenvalue weighted by molar-refractivity contribution is -0.137. The fraction of sp³-hybridized carbons (Fsp3) is 0.562. The molecule has 0 aliphatic carbocycles. The third kappa shape index (κ3) is 6.39. The highest BCUT2D eigenvalue weighted by Crippen LogP contribution is 2.11. The van der Waals surface area contributed by atoms with Crippen molar-refractivity contribution in [2.75, 3.05) is 6.54 Å². The van der Waals surface area contributed by atoms with Crippen LogP contribution in [0.1, 0.15) is 42.9 Å². The molecule has 1 aromatic carbocycles. The molecule has 0 saturated heterocycles. The van der Waals surface area contributed by atoms with Crippen LogP contribution >= 0.6 is 0 Å². The van der Waals surface area contributed by atoms with E-state index in [2.05, 4.69) is 44.3 Å². The van der Waals surface area contributed by atoms with Gasteiger partial charge in [0.25, 0.3) is 0 Å². The van der Waals surface area contributed by atoms with Crippen molar-refractivity contribution >= 4 is 5.97 Å². The predicted octanol–water partition coefficient (Wildman–Crippen LogP) is 3.28. The molecule has 0 aliphatic rings. The number of carboxylic acids is 1. The van der Waals surface area contributed by atoms with Crippen LogP contribution in [0.3, 0.4) is 0 Å². The van der Waals surface area contributed by atoms with Crippen molar-refractivity contribution in [2.24, 2.45) is 5.92 Å². The van der Waals surface area contributed by atoms with Gasteiger partial charge in [-0.05, 0) is 50.3 Å². The van der Waals surface area contributed by atoms with Gasteiger partial charge in [0.15, 0.2) is 0 Å². The van der Waals surface area contributed by atoms with E-state index in [-0.39, 0.29) is 6.42 Å². The SMILES string of the molecule is Cc1ccc(C)c(CNCCC(C)CCC(=O)O)c1. The maximum Gasteiger partial charge on any atom is 0.303 e. The molecule has 1 unspecified atom stereocenters. The molecule has 0 heterocycles. The lowest BCUT2D eigenvalue weighted by Crippen LogP contribution is -2.18. The molecular formula is C16H25NO2. The fourth-order valence-corrected chi connectivity index (χ4v) is 2.08. The Morgan fingerprint density at radius 3 is 2.74 bits per heavy atom. The number of hydrogen-bond acceptors (Lipinski definition) is 2. The van der Waals surface area contributed by atoms with E-state index in [4.69, 9.17) is 5.11 Å². The van der Waals surface area contributed by atoms with Crippen LogP contribution in [0.25, 0.3) is 0 Å². The van der Waals surface area contributed by atoms with E-state index in [0.717, 1.165) is 25.9 Å². The zero-order chi connectivity index (χ0) is 14.3. The first-order valence-electron chi connectivity index (χ1n) is 6.97. The molecule has 0 fully saturated rings. The quantitative estimate of drug-likeness (QED) is 0.708. The maximum absolute atomic E-state index is 10.5. The Morgan fingerprint density at radius 2 is 2.05 bits per heavy atom. The average Bonchev–Trinajstić information content (AvgIpc) is 2.36. The first-order valence-corrected chi connectivity index (χ1v) is 6.97. The first-order chi connectivity index (χ1) is 8.99. The Morgan fingerprint density at radius 1 is 1.32 bits per heavy atom. The minimum Gasteiger partial charge on any atom is -0.481 e. The van der Waals surface area contributed by atoms with E-state index in [0.29, 0.717) is 5.92 Å². The summed E-state index contributed by atoms with van der Waals surface area (Å²) in [6, 6.07) is 6.50. The van der Waals surface area contributed by atoms with Crippen LogP contribution in [-0.4, -0.2) is 17.6 Å². The number of aryl methyl sites for hydroxylation is 2. The minimum atomic E-state index is -0.699. The van der Waals surface area contributed by atoms with Crippen molar-refractivity contribution in [2.45, 2.75) is 46.6 Å². The second kappa shape index (κ2) is 7.95. The molecule has 0 aromatic heterocycles. The number of carboxylic acid groups (broad SMARTS) is 1. The van der Waals surface area contributed by atoms with Gasteiger partial charge in [0, 0.05) is 13.0 Å². The largest absolute Gasteiger partial charge is 0.481 e. The number of benzene rings is 1. The lowest BCUT2D eigenvalue weighted by Gasteiger charge is -2.12. The van der Waals surface area contributed by atoms with Gasteiger partial charge in [-0.15, -0.1) is 0 Å². The lowest BCUT2D eigenvalue weighted by atomic mass is 10.0. The standard InChI is InChI=1S/C16H25NO2/c1-12(5-7-16(18)19)8-9-17-11-15-10-13(2)4-6-14(15)3/h4,6,10,12,17H,5,7-9,11H2,1-3H3,(H,18,19). The first kappa shape index (κ1) is 15.7. The Labute approximate surface area is 116 Å². The summed E-state index contributed by atoms with van der Waals surface area (Å²) in [4.78, 5) is 10.5. The van der Waals surface area contributed by atoms with Gasteiger partial charge < -0.3 is 10.4 Å². The summed E-state index contributed by atoms with van der Waals surface area (Å²) in [6.07, 6.45) is 2.07. The van der Waals surface area contributed by atoms with Crippen molar-refractivity contribution < 1.29 is 9.90 Å². The number of hydrogen-bond donors (Lipinski definition) is 2. The highest BCUT2D eigenvalue weighted by Gasteiger charge is 2.05. The van der Waals surface area contributed by atoms with E-state index in [9.17, 15) is 4.79 Å². The topological polar surface area (TPSA) is 49.3 Å². The minimum absolute atomic E-state index is 0.276. The monoisotopic (exact) mass is 263 g/mol. The number of rotatable bonds is 8. The van der Waals surface area contributed by atoms with Crippen LogP contribution in [0, 0.1) is 19.8 Å². The molecule has 106 valence electrons. The molecule has 1 atom stereocenters. The van der Waals surface area contributed by atoms with Gasteiger partial charge in [-0.2, -0.15) is 0 Å². The number of carbonyl (C=O) groups is 1. The molecule has 0 radical (unpaired) electrons. The highest BCUT2D eigenvalue weighted by molar-refractivity contribution is 5.66. The van der Waals surface area contributed by atoms with Crippen molar-refractivity contribution in [3.63, 3.8) is 0 Å². The van der Waals surface area contributed by atoms with E-state index in [1.807, 2.05) is 0 Å². The van der Waals surface area contributed by atoms with Crippen LogP contribution in [0.4, 0.5) is 0 Å². The van der Waals surface area contributed by atoms with Gasteiger partial charge in [-0.1, -0.05) is 30.7 Å². The predicted molar refractivity (Wildman–Crippen MR) is 78.3 cm³/mol. The summed E-state index contributed by atoms with van der Waals surface area (Å²) in [5.41, 5.74) is 3.95. The van der Waals surface area contributed by atoms with Crippen LogP contribution in [-0.2, 0) is 11.3 Å². The molecular weight excluding hydrogens is 238 g/mol. The summed E-state index contributed by atoms with van der Waals surface area (Å²) in [7, 11) is 0. The van der Waals surface area contributed by atoms with Crippen LogP contribution < -0.4 is 5.32 Å². The van der Waals surface area contributed by atoms with Gasteiger partial charge in [-0.25, -0.2) is 0 Å². The Kier molecular flexibility index (Phi) is 6.57. The average molecular weight is 263 g/mol. The number of aliphatic carboxylic acids is 1. The molecule has 1 rings (SSSR count). The molecule has 3 heteroatoms. The molecule has 0 aliphatic heterocycles. The van der Waals surface area contributed by atoms with Gasteiger partial charge >= 0.3 is 5.97 Å². The van der Waals surface area contributed by atoms with Crippen molar-refractivity contribution in [3.8, 4) is 0 Å². The van der Waals surface area contributed by atoms with Crippen molar-refractivity contribution in [3.05, 3.63) is 34.9 Å². The third-order valence-electron chi connectivity index (χ3n) is 3.49. The summed E-state index contributed by atoms with van der Waals surface area (Å²) >= 11 is 0. The summed E-state index contributed by atoms with van der Waals surface area (Å²) in [5, 5.41) is 12.1. The third-order valence-corrected chi connectivity index (χ3v) is 3.49. The zero-order valence-corrected chi connectivity index (χ0v) is 12.2.